The Morgan fingerprint density at radius 3 is 2.17 bits per heavy atom. The number of nitrogens with zero attached hydrogens (tertiary/aromatic N) is 1. The molecule has 0 heterocycles. The number of nitrogens with two attached hydrogens (primary N) is 1. The second kappa shape index (κ2) is 12.7. The first-order valence-electron chi connectivity index (χ1n) is 12.8. The molecule has 0 aromatic heterocycles. The maximum Gasteiger partial charge on any atom is 0.408 e. The van der Waals surface area contributed by atoms with E-state index in [2.05, 4.69) is 10.6 Å². The first-order chi connectivity index (χ1) is 16.9. The highest BCUT2D eigenvalue weighted by Crippen LogP contribution is 2.36. The summed E-state index contributed by atoms with van der Waals surface area (Å²) in [6.07, 6.45) is 2.76. The van der Waals surface area contributed by atoms with Gasteiger partial charge in [-0.1, -0.05) is 44.5 Å². The molecule has 0 aliphatic heterocycles. The van der Waals surface area contributed by atoms with Crippen molar-refractivity contribution >= 4 is 23.8 Å². The number of nitrogens with one attached hydrogen (secondary N) is 2. The minimum absolute atomic E-state index is 0.0719. The van der Waals surface area contributed by atoms with Crippen LogP contribution in [0.2, 0.25) is 0 Å². The summed E-state index contributed by atoms with van der Waals surface area (Å²) in [4.78, 5) is 53.3. The lowest BCUT2D eigenvalue weighted by atomic mass is 9.99. The number of carbonyl (C=O) groups is 4. The van der Waals surface area contributed by atoms with Crippen LogP contribution in [0, 0.1) is 0 Å². The summed E-state index contributed by atoms with van der Waals surface area (Å²) >= 11 is 0. The smallest absolute Gasteiger partial charge is 0.408 e. The highest BCUT2D eigenvalue weighted by Gasteiger charge is 2.44. The molecule has 2 rings (SSSR count). The van der Waals surface area contributed by atoms with Gasteiger partial charge >= 0.3 is 6.09 Å². The molecule has 36 heavy (non-hydrogen) atoms. The summed E-state index contributed by atoms with van der Waals surface area (Å²) in [5.41, 5.74) is 6.41. The fourth-order valence-corrected chi connectivity index (χ4v) is 4.10. The molecule has 1 aromatic carbocycles. The van der Waals surface area contributed by atoms with Gasteiger partial charge in [-0.25, -0.2) is 4.79 Å². The molecule has 0 bridgehead atoms. The van der Waals surface area contributed by atoms with Gasteiger partial charge in [0.05, 0.1) is 6.42 Å². The summed E-state index contributed by atoms with van der Waals surface area (Å²) in [5, 5.41) is 5.55. The van der Waals surface area contributed by atoms with Crippen LogP contribution in [0.5, 0.6) is 0 Å². The van der Waals surface area contributed by atoms with Crippen molar-refractivity contribution in [3.05, 3.63) is 35.4 Å². The zero-order valence-electron chi connectivity index (χ0n) is 22.4. The number of ether oxygens (including phenoxy) is 1. The molecule has 4 amide bonds. The molecular weight excluding hydrogens is 460 g/mol. The molecule has 1 fully saturated rings. The predicted octanol–water partition coefficient (Wildman–Crippen LogP) is 3.35. The zero-order chi connectivity index (χ0) is 27.0. The third-order valence-corrected chi connectivity index (χ3v) is 5.93. The van der Waals surface area contributed by atoms with E-state index in [0.717, 1.165) is 37.7 Å². The molecule has 1 aliphatic carbocycles. The van der Waals surface area contributed by atoms with E-state index in [1.165, 1.54) is 4.90 Å². The molecule has 3 atom stereocenters. The zero-order valence-corrected chi connectivity index (χ0v) is 22.4. The van der Waals surface area contributed by atoms with Crippen molar-refractivity contribution in [2.24, 2.45) is 5.73 Å². The first-order valence-corrected chi connectivity index (χ1v) is 12.8. The van der Waals surface area contributed by atoms with E-state index in [4.69, 9.17) is 10.5 Å². The Morgan fingerprint density at radius 2 is 1.69 bits per heavy atom. The number of amides is 4. The van der Waals surface area contributed by atoms with Gasteiger partial charge in [-0.05, 0) is 64.5 Å². The van der Waals surface area contributed by atoms with Crippen LogP contribution >= 0.6 is 0 Å². The van der Waals surface area contributed by atoms with Crippen LogP contribution in [0.4, 0.5) is 4.79 Å². The average Bonchev–Trinajstić information content (AvgIpc) is 3.60. The molecule has 0 saturated heterocycles. The van der Waals surface area contributed by atoms with Gasteiger partial charge in [0.1, 0.15) is 17.7 Å². The maximum absolute atomic E-state index is 13.9. The Balaban J connectivity index is 2.44. The molecule has 4 N–H and O–H groups in total. The Labute approximate surface area is 214 Å². The Hall–Kier alpha value is -3.10. The Morgan fingerprint density at radius 1 is 1.08 bits per heavy atom. The van der Waals surface area contributed by atoms with Gasteiger partial charge < -0.3 is 26.0 Å². The van der Waals surface area contributed by atoms with Crippen molar-refractivity contribution in [1.29, 1.82) is 0 Å². The third-order valence-electron chi connectivity index (χ3n) is 5.93. The number of hydrogen-bond acceptors (Lipinski definition) is 5. The summed E-state index contributed by atoms with van der Waals surface area (Å²) < 4.78 is 5.30. The molecule has 0 radical (unpaired) electrons. The number of hydrogen-bond donors (Lipinski definition) is 3. The molecule has 1 saturated carbocycles. The van der Waals surface area contributed by atoms with E-state index in [1.807, 2.05) is 45.0 Å². The topological polar surface area (TPSA) is 131 Å². The van der Waals surface area contributed by atoms with Gasteiger partial charge in [0.2, 0.25) is 17.7 Å². The van der Waals surface area contributed by atoms with Crippen LogP contribution in [-0.2, 0) is 25.5 Å². The molecule has 9 heteroatoms. The lowest BCUT2D eigenvalue weighted by Gasteiger charge is -2.35. The van der Waals surface area contributed by atoms with Gasteiger partial charge in [-0.2, -0.15) is 0 Å². The Bertz CT molecular complexity index is 921. The third kappa shape index (κ3) is 8.84. The number of rotatable bonds is 12. The first kappa shape index (κ1) is 29.1. The van der Waals surface area contributed by atoms with Crippen molar-refractivity contribution in [3.63, 3.8) is 0 Å². The van der Waals surface area contributed by atoms with E-state index < -0.39 is 42.0 Å². The summed E-state index contributed by atoms with van der Waals surface area (Å²) in [5.74, 6) is -1.58. The molecular formula is C27H42N4O5. The molecule has 1 aromatic rings. The number of carbonyl (C=O) groups excluding carboxylic acids is 4. The highest BCUT2D eigenvalue weighted by atomic mass is 16.6. The molecule has 0 spiro atoms. The van der Waals surface area contributed by atoms with E-state index in [-0.39, 0.29) is 18.0 Å². The number of benzene rings is 1. The second-order valence-corrected chi connectivity index (χ2v) is 10.5. The van der Waals surface area contributed by atoms with E-state index >= 15 is 0 Å². The van der Waals surface area contributed by atoms with E-state index in [0.29, 0.717) is 5.56 Å². The van der Waals surface area contributed by atoms with Crippen LogP contribution in [-0.4, -0.2) is 52.4 Å². The fourth-order valence-electron chi connectivity index (χ4n) is 4.10. The normalized spacial score (nSPS) is 15.8. The van der Waals surface area contributed by atoms with Gasteiger partial charge in [-0.15, -0.1) is 0 Å². The van der Waals surface area contributed by atoms with Crippen molar-refractivity contribution in [1.82, 2.24) is 15.5 Å². The van der Waals surface area contributed by atoms with Crippen LogP contribution in [0.25, 0.3) is 0 Å². The summed E-state index contributed by atoms with van der Waals surface area (Å²) in [7, 11) is 0. The second-order valence-electron chi connectivity index (χ2n) is 10.5. The number of primary amides is 1. The highest BCUT2D eigenvalue weighted by molar-refractivity contribution is 5.95. The quantitative estimate of drug-likeness (QED) is 0.403. The van der Waals surface area contributed by atoms with Crippen molar-refractivity contribution in [2.45, 2.75) is 110 Å². The van der Waals surface area contributed by atoms with Gasteiger partial charge in [-0.3, -0.25) is 14.4 Å². The number of aryl methyl sites for hydroxylation is 1. The number of alkyl carbamates (subject to hydrolysis) is 1. The van der Waals surface area contributed by atoms with Crippen molar-refractivity contribution < 1.29 is 23.9 Å². The lowest BCUT2D eigenvalue weighted by molar-refractivity contribution is -0.144. The minimum atomic E-state index is -1.25. The SMILES string of the molecule is CCCC(C)NC(=O)C(c1ccc(CC)cc1)N(C(=O)C(CC(N)=O)NC(=O)OC(C)(C)C)C1CC1. The monoisotopic (exact) mass is 502 g/mol. The van der Waals surface area contributed by atoms with Crippen molar-refractivity contribution in [2.75, 3.05) is 0 Å². The summed E-state index contributed by atoms with van der Waals surface area (Å²) in [6, 6.07) is 5.19. The summed E-state index contributed by atoms with van der Waals surface area (Å²) in [6.45, 7) is 11.1. The standard InChI is InChI=1S/C27H42N4O5/c1-7-9-17(3)29-24(33)23(19-12-10-18(8-2)11-13-19)31(20-14-15-20)25(34)21(16-22(28)32)30-26(35)36-27(4,5)6/h10-13,17,20-21,23H,7-9,14-16H2,1-6H3,(H2,28,32)(H,29,33)(H,30,35). The van der Waals surface area contributed by atoms with Crippen LogP contribution in [0.3, 0.4) is 0 Å². The maximum atomic E-state index is 13.9. The Kier molecular flexibility index (Phi) is 10.3. The van der Waals surface area contributed by atoms with Crippen LogP contribution in [0.15, 0.2) is 24.3 Å². The largest absolute Gasteiger partial charge is 0.444 e. The van der Waals surface area contributed by atoms with Gasteiger partial charge in [0.25, 0.3) is 0 Å². The molecule has 9 nitrogen and oxygen atoms in total. The molecule has 200 valence electrons. The van der Waals surface area contributed by atoms with Crippen molar-refractivity contribution in [3.8, 4) is 0 Å². The van der Waals surface area contributed by atoms with Gasteiger partial charge in [0, 0.05) is 12.1 Å². The van der Waals surface area contributed by atoms with E-state index in [1.54, 1.807) is 20.8 Å². The lowest BCUT2D eigenvalue weighted by Crippen LogP contribution is -2.55. The molecule has 3 unspecified atom stereocenters. The van der Waals surface area contributed by atoms with Crippen LogP contribution < -0.4 is 16.4 Å². The van der Waals surface area contributed by atoms with E-state index in [9.17, 15) is 19.2 Å². The molecule has 1 aliphatic rings. The minimum Gasteiger partial charge on any atom is -0.444 e. The van der Waals surface area contributed by atoms with Gasteiger partial charge in [0.15, 0.2) is 0 Å². The fraction of sp³-hybridized carbons (Fsp3) is 0.630. The average molecular weight is 503 g/mol. The predicted molar refractivity (Wildman–Crippen MR) is 138 cm³/mol. The van der Waals surface area contributed by atoms with Crippen LogP contribution in [0.1, 0.15) is 90.8 Å².